The lowest BCUT2D eigenvalue weighted by Gasteiger charge is -2.07. The van der Waals surface area contributed by atoms with Gasteiger partial charge in [-0.25, -0.2) is 17.6 Å². The molecule has 3 aromatic rings. The van der Waals surface area contributed by atoms with Crippen LogP contribution in [0.4, 0.5) is 9.39 Å². The van der Waals surface area contributed by atoms with E-state index in [1.165, 1.54) is 42.7 Å². The zero-order valence-electron chi connectivity index (χ0n) is 17.6. The van der Waals surface area contributed by atoms with E-state index in [0.29, 0.717) is 12.0 Å². The summed E-state index contributed by atoms with van der Waals surface area (Å²) in [6, 6.07) is 5.06. The van der Waals surface area contributed by atoms with Gasteiger partial charge >= 0.3 is 11.2 Å². The summed E-state index contributed by atoms with van der Waals surface area (Å²) in [4.78, 5) is 26.0. The summed E-state index contributed by atoms with van der Waals surface area (Å²) in [5.74, 6) is -2.98. The molecular weight excluding hydrogens is 473 g/mol. The normalized spacial score (nSPS) is 13.8. The number of aromatic nitrogens is 2. The number of benzene rings is 1. The van der Waals surface area contributed by atoms with Crippen molar-refractivity contribution in [2.45, 2.75) is 37.3 Å². The molecule has 9 nitrogen and oxygen atoms in total. The highest BCUT2D eigenvalue weighted by Crippen LogP contribution is 2.38. The minimum Gasteiger partial charge on any atom is -0.465 e. The van der Waals surface area contributed by atoms with Crippen molar-refractivity contribution < 1.29 is 31.6 Å². The Balaban J connectivity index is 1.53. The van der Waals surface area contributed by atoms with Gasteiger partial charge < -0.3 is 14.5 Å². The molecule has 174 valence electrons. The van der Waals surface area contributed by atoms with Gasteiger partial charge in [0.2, 0.25) is 21.6 Å². The molecule has 0 saturated carbocycles. The third kappa shape index (κ3) is 4.96. The number of ether oxygens (including phenoxy) is 1. The van der Waals surface area contributed by atoms with Crippen LogP contribution in [0.3, 0.4) is 0 Å². The van der Waals surface area contributed by atoms with Crippen molar-refractivity contribution in [3.05, 3.63) is 46.1 Å². The minimum absolute atomic E-state index is 0.121. The van der Waals surface area contributed by atoms with E-state index in [-0.39, 0.29) is 16.5 Å². The highest BCUT2D eigenvalue weighted by Gasteiger charge is 2.30. The Morgan fingerprint density at radius 2 is 1.88 bits per heavy atom. The number of esters is 1. The largest absolute Gasteiger partial charge is 0.465 e. The van der Waals surface area contributed by atoms with E-state index in [2.05, 4.69) is 15.5 Å². The number of nitrogens with one attached hydrogen (secondary N) is 1. The third-order valence-corrected chi connectivity index (χ3v) is 7.70. The molecular formula is C21H20FN3O6S2. The maximum absolute atomic E-state index is 13.1. The van der Waals surface area contributed by atoms with Gasteiger partial charge in [-0.05, 0) is 55.5 Å². The number of methoxy groups -OCH3 is 1. The number of thiophene rings is 1. The average Bonchev–Trinajstić information content (AvgIpc) is 3.33. The molecule has 1 aliphatic rings. The van der Waals surface area contributed by atoms with Gasteiger partial charge in [0.05, 0.1) is 12.7 Å². The van der Waals surface area contributed by atoms with Crippen LogP contribution in [0.1, 0.15) is 40.1 Å². The van der Waals surface area contributed by atoms with Crippen LogP contribution < -0.4 is 5.32 Å². The zero-order chi connectivity index (χ0) is 23.6. The molecule has 33 heavy (non-hydrogen) atoms. The predicted molar refractivity (Wildman–Crippen MR) is 117 cm³/mol. The molecule has 12 heteroatoms. The molecule has 0 saturated heterocycles. The lowest BCUT2D eigenvalue weighted by molar-refractivity contribution is -0.113. The quantitative estimate of drug-likeness (QED) is 0.409. The minimum atomic E-state index is -4.26. The van der Waals surface area contributed by atoms with Gasteiger partial charge in [-0.3, -0.25) is 4.79 Å². The second-order valence-electron chi connectivity index (χ2n) is 7.45. The maximum Gasteiger partial charge on any atom is 0.341 e. The van der Waals surface area contributed by atoms with E-state index in [4.69, 9.17) is 9.15 Å². The SMILES string of the molecule is COC(=O)c1c(NC(=O)CS(=O)(=O)c2nnc(-c3ccc(F)cc3)o2)sc2c1CCCCC2. The number of aryl methyl sites for hydroxylation is 1. The maximum atomic E-state index is 13.1. The number of carbonyl (C=O) groups excluding carboxylic acids is 2. The van der Waals surface area contributed by atoms with Crippen molar-refractivity contribution >= 4 is 38.1 Å². The first kappa shape index (κ1) is 23.1. The van der Waals surface area contributed by atoms with E-state index >= 15 is 0 Å². The number of rotatable bonds is 6. The van der Waals surface area contributed by atoms with Gasteiger partial charge in [0.25, 0.3) is 0 Å². The van der Waals surface area contributed by atoms with Crippen molar-refractivity contribution in [2.75, 3.05) is 18.2 Å². The van der Waals surface area contributed by atoms with Crippen LogP contribution in [-0.2, 0) is 32.2 Å². The number of nitrogens with zero attached hydrogens (tertiary/aromatic N) is 2. The number of carbonyl (C=O) groups is 2. The number of amides is 1. The Morgan fingerprint density at radius 1 is 1.15 bits per heavy atom. The lowest BCUT2D eigenvalue weighted by Crippen LogP contribution is -2.24. The molecule has 0 spiro atoms. The number of anilines is 1. The van der Waals surface area contributed by atoms with Crippen LogP contribution >= 0.6 is 11.3 Å². The molecule has 1 aliphatic carbocycles. The number of fused-ring (bicyclic) bond motifs is 1. The van der Waals surface area contributed by atoms with Crippen molar-refractivity contribution in [1.82, 2.24) is 10.2 Å². The summed E-state index contributed by atoms with van der Waals surface area (Å²) in [6.45, 7) is 0. The zero-order valence-corrected chi connectivity index (χ0v) is 19.2. The van der Waals surface area contributed by atoms with E-state index < -0.39 is 38.5 Å². The lowest BCUT2D eigenvalue weighted by atomic mass is 10.1. The van der Waals surface area contributed by atoms with Crippen LogP contribution in [-0.4, -0.2) is 43.4 Å². The standard InChI is InChI=1S/C21H20FN3O6S2/c1-30-20(27)17-14-5-3-2-4-6-15(14)32-19(17)23-16(26)11-33(28,29)21-25-24-18(31-21)12-7-9-13(22)10-8-12/h7-10H,2-6,11H2,1H3,(H,23,26). The second-order valence-corrected chi connectivity index (χ2v) is 10.4. The van der Waals surface area contributed by atoms with Crippen molar-refractivity contribution in [2.24, 2.45) is 0 Å². The monoisotopic (exact) mass is 493 g/mol. The summed E-state index contributed by atoms with van der Waals surface area (Å²) in [6.07, 6.45) is 4.42. The molecule has 0 fully saturated rings. The van der Waals surface area contributed by atoms with Crippen LogP contribution in [0.5, 0.6) is 0 Å². The van der Waals surface area contributed by atoms with E-state index in [1.54, 1.807) is 0 Å². The first-order valence-electron chi connectivity index (χ1n) is 10.1. The third-order valence-electron chi connectivity index (χ3n) is 5.15. The Bertz CT molecular complexity index is 1300. The predicted octanol–water partition coefficient (Wildman–Crippen LogP) is 3.41. The van der Waals surface area contributed by atoms with E-state index in [1.807, 2.05) is 0 Å². The van der Waals surface area contributed by atoms with Gasteiger partial charge in [-0.2, -0.15) is 0 Å². The van der Waals surface area contributed by atoms with Crippen LogP contribution in [0.15, 0.2) is 33.9 Å². The van der Waals surface area contributed by atoms with Crippen LogP contribution in [0, 0.1) is 5.82 Å². The molecule has 0 bridgehead atoms. The van der Waals surface area contributed by atoms with Gasteiger partial charge in [0.15, 0.2) is 0 Å². The van der Waals surface area contributed by atoms with Crippen LogP contribution in [0.25, 0.3) is 11.5 Å². The molecule has 0 atom stereocenters. The summed E-state index contributed by atoms with van der Waals surface area (Å²) < 4.78 is 48.5. The molecule has 0 unspecified atom stereocenters. The molecule has 2 heterocycles. The smallest absolute Gasteiger partial charge is 0.341 e. The fourth-order valence-corrected chi connectivity index (χ4v) is 5.80. The second kappa shape index (κ2) is 9.40. The van der Waals surface area contributed by atoms with Gasteiger partial charge in [-0.15, -0.1) is 16.4 Å². The molecule has 1 N–H and O–H groups in total. The number of halogens is 1. The highest BCUT2D eigenvalue weighted by atomic mass is 32.2. The molecule has 2 aromatic heterocycles. The van der Waals surface area contributed by atoms with Crippen molar-refractivity contribution in [3.63, 3.8) is 0 Å². The summed E-state index contributed by atoms with van der Waals surface area (Å²) in [7, 11) is -3.00. The summed E-state index contributed by atoms with van der Waals surface area (Å²) in [5, 5.41) is 9.27. The van der Waals surface area contributed by atoms with Gasteiger partial charge in [0.1, 0.15) is 16.6 Å². The topological polar surface area (TPSA) is 128 Å². The first-order valence-corrected chi connectivity index (χ1v) is 12.6. The number of hydrogen-bond donors (Lipinski definition) is 1. The molecule has 0 aliphatic heterocycles. The molecule has 1 aromatic carbocycles. The van der Waals surface area contributed by atoms with Gasteiger partial charge in [-0.1, -0.05) is 11.5 Å². The first-order chi connectivity index (χ1) is 15.8. The number of sulfone groups is 1. The van der Waals surface area contributed by atoms with Crippen molar-refractivity contribution in [1.29, 1.82) is 0 Å². The van der Waals surface area contributed by atoms with E-state index in [9.17, 15) is 22.4 Å². The van der Waals surface area contributed by atoms with Crippen LogP contribution in [0.2, 0.25) is 0 Å². The summed E-state index contributed by atoms with van der Waals surface area (Å²) in [5.41, 5.74) is 1.46. The Hall–Kier alpha value is -3.12. The Morgan fingerprint density at radius 3 is 2.61 bits per heavy atom. The molecule has 0 radical (unpaired) electrons. The summed E-state index contributed by atoms with van der Waals surface area (Å²) >= 11 is 1.26. The molecule has 1 amide bonds. The van der Waals surface area contributed by atoms with Gasteiger partial charge in [0, 0.05) is 10.4 Å². The fraction of sp³-hybridized carbons (Fsp3) is 0.333. The number of hydrogen-bond acceptors (Lipinski definition) is 9. The van der Waals surface area contributed by atoms with Crippen molar-refractivity contribution in [3.8, 4) is 11.5 Å². The highest BCUT2D eigenvalue weighted by molar-refractivity contribution is 7.91. The Kier molecular flexibility index (Phi) is 6.56. The van der Waals surface area contributed by atoms with E-state index in [0.717, 1.165) is 36.1 Å². The Labute approximate surface area is 192 Å². The average molecular weight is 494 g/mol. The molecule has 4 rings (SSSR count). The fourth-order valence-electron chi connectivity index (χ4n) is 3.59.